The van der Waals surface area contributed by atoms with E-state index in [9.17, 15) is 18.7 Å². The highest BCUT2D eigenvalue weighted by molar-refractivity contribution is 5.68. The van der Waals surface area contributed by atoms with Crippen LogP contribution >= 0.6 is 0 Å². The third-order valence-electron chi connectivity index (χ3n) is 4.00. The van der Waals surface area contributed by atoms with Gasteiger partial charge < -0.3 is 14.7 Å². The van der Waals surface area contributed by atoms with Crippen molar-refractivity contribution in [2.75, 3.05) is 13.1 Å². The van der Waals surface area contributed by atoms with Gasteiger partial charge in [0.15, 0.2) is 0 Å². The summed E-state index contributed by atoms with van der Waals surface area (Å²) in [7, 11) is 0. The van der Waals surface area contributed by atoms with Gasteiger partial charge in [-0.2, -0.15) is 0 Å². The molecule has 1 fully saturated rings. The van der Waals surface area contributed by atoms with Crippen molar-refractivity contribution in [3.8, 4) is 0 Å². The maximum absolute atomic E-state index is 14.8. The zero-order valence-electron chi connectivity index (χ0n) is 15.2. The van der Waals surface area contributed by atoms with E-state index >= 15 is 0 Å². The van der Waals surface area contributed by atoms with Gasteiger partial charge in [0.2, 0.25) is 0 Å². The van der Waals surface area contributed by atoms with Gasteiger partial charge >= 0.3 is 6.09 Å². The Morgan fingerprint density at radius 3 is 2.64 bits per heavy atom. The lowest BCUT2D eigenvalue weighted by Crippen LogP contribution is -2.51. The van der Waals surface area contributed by atoms with Crippen molar-refractivity contribution in [2.45, 2.75) is 64.6 Å². The second kappa shape index (κ2) is 6.82. The number of aliphatic hydroxyl groups is 1. The first kappa shape index (κ1) is 19.5. The summed E-state index contributed by atoms with van der Waals surface area (Å²) in [5.41, 5.74) is -0.302. The van der Waals surface area contributed by atoms with Gasteiger partial charge in [-0.15, -0.1) is 0 Å². The summed E-state index contributed by atoms with van der Waals surface area (Å²) in [6.45, 7) is 7.57. The van der Waals surface area contributed by atoms with E-state index in [1.807, 2.05) is 0 Å². The highest BCUT2D eigenvalue weighted by Gasteiger charge is 2.49. The Balaban J connectivity index is 2.25. The van der Waals surface area contributed by atoms with Gasteiger partial charge in [0.05, 0.1) is 24.3 Å². The fourth-order valence-corrected chi connectivity index (χ4v) is 2.86. The fourth-order valence-electron chi connectivity index (χ4n) is 2.86. The molecular formula is C17H25F2N3O3. The number of amides is 1. The minimum atomic E-state index is -3.18. The number of hydrogen-bond donors (Lipinski definition) is 1. The lowest BCUT2D eigenvalue weighted by atomic mass is 9.86. The van der Waals surface area contributed by atoms with E-state index in [1.54, 1.807) is 27.7 Å². The highest BCUT2D eigenvalue weighted by atomic mass is 19.3. The zero-order chi connectivity index (χ0) is 19.0. The highest BCUT2D eigenvalue weighted by Crippen LogP contribution is 2.42. The van der Waals surface area contributed by atoms with Crippen LogP contribution in [-0.4, -0.2) is 50.7 Å². The number of hydrogen-bond acceptors (Lipinski definition) is 5. The van der Waals surface area contributed by atoms with Crippen LogP contribution in [0.5, 0.6) is 0 Å². The van der Waals surface area contributed by atoms with Crippen molar-refractivity contribution in [3.63, 3.8) is 0 Å². The predicted octanol–water partition coefficient (Wildman–Crippen LogP) is 3.20. The summed E-state index contributed by atoms with van der Waals surface area (Å²) < 4.78 is 34.7. The Hall–Kier alpha value is -1.83. The quantitative estimate of drug-likeness (QED) is 0.880. The number of aromatic nitrogens is 2. The average molecular weight is 357 g/mol. The molecule has 0 bridgehead atoms. The van der Waals surface area contributed by atoms with E-state index < -0.39 is 36.2 Å². The molecule has 2 atom stereocenters. The zero-order valence-corrected chi connectivity index (χ0v) is 15.2. The second-order valence-corrected chi connectivity index (χ2v) is 7.44. The van der Waals surface area contributed by atoms with Gasteiger partial charge in [-0.3, -0.25) is 0 Å². The van der Waals surface area contributed by atoms with Crippen LogP contribution in [0.25, 0.3) is 0 Å². The van der Waals surface area contributed by atoms with Crippen molar-refractivity contribution in [3.05, 3.63) is 23.3 Å². The van der Waals surface area contributed by atoms with Crippen molar-refractivity contribution in [1.82, 2.24) is 14.9 Å². The van der Waals surface area contributed by atoms with Gasteiger partial charge in [0, 0.05) is 18.3 Å². The van der Waals surface area contributed by atoms with Crippen LogP contribution < -0.4 is 0 Å². The molecule has 140 valence electrons. The maximum Gasteiger partial charge on any atom is 0.410 e. The van der Waals surface area contributed by atoms with Crippen molar-refractivity contribution >= 4 is 6.09 Å². The van der Waals surface area contributed by atoms with Crippen LogP contribution in [0.4, 0.5) is 13.6 Å². The molecule has 0 radical (unpaired) electrons. The molecule has 0 aromatic carbocycles. The molecule has 1 amide bonds. The van der Waals surface area contributed by atoms with Gasteiger partial charge in [0.1, 0.15) is 11.4 Å². The molecule has 25 heavy (non-hydrogen) atoms. The number of carbonyl (C=O) groups excluding carboxylic acids is 1. The Labute approximate surface area is 146 Å². The Kier molecular flexibility index (Phi) is 5.32. The minimum Gasteiger partial charge on any atom is -0.444 e. The van der Waals surface area contributed by atoms with E-state index in [0.29, 0.717) is 11.4 Å². The molecule has 2 unspecified atom stereocenters. The molecule has 1 N–H and O–H groups in total. The fraction of sp³-hybridized carbons (Fsp3) is 0.706. The summed E-state index contributed by atoms with van der Waals surface area (Å²) in [6, 6.07) is 0. The van der Waals surface area contributed by atoms with Crippen LogP contribution in [0.1, 0.15) is 63.2 Å². The number of piperidine rings is 1. The molecule has 1 saturated heterocycles. The molecule has 1 aliphatic heterocycles. The van der Waals surface area contributed by atoms with Crippen LogP contribution in [0.2, 0.25) is 0 Å². The minimum absolute atomic E-state index is 0.0302. The summed E-state index contributed by atoms with van der Waals surface area (Å²) in [4.78, 5) is 21.2. The van der Waals surface area contributed by atoms with Crippen molar-refractivity contribution in [2.24, 2.45) is 0 Å². The number of carbonyl (C=O) groups is 1. The van der Waals surface area contributed by atoms with Gasteiger partial charge in [-0.05, 0) is 41.0 Å². The molecular weight excluding hydrogens is 332 g/mol. The molecule has 2 heterocycles. The van der Waals surface area contributed by atoms with Crippen LogP contribution in [0.15, 0.2) is 6.20 Å². The Morgan fingerprint density at radius 2 is 2.12 bits per heavy atom. The van der Waals surface area contributed by atoms with Crippen LogP contribution in [0, 0.1) is 6.92 Å². The second-order valence-electron chi connectivity index (χ2n) is 7.44. The molecule has 8 heteroatoms. The molecule has 1 aromatic heterocycles. The standard InChI is InChI=1S/C17H25F2N3O3/c1-10(23)12-8-20-11(2)21-14(12)13-6-7-22(9-17(13,18)19)15(24)25-16(3,4)5/h8,10,13,23H,6-7,9H2,1-5H3. The monoisotopic (exact) mass is 357 g/mol. The number of ether oxygens (including phenoxy) is 1. The first-order valence-corrected chi connectivity index (χ1v) is 8.28. The number of aryl methyl sites for hydroxylation is 1. The summed E-state index contributed by atoms with van der Waals surface area (Å²) in [5.74, 6) is -4.00. The van der Waals surface area contributed by atoms with E-state index in [4.69, 9.17) is 4.74 Å². The molecule has 1 aromatic rings. The van der Waals surface area contributed by atoms with Crippen LogP contribution in [0.3, 0.4) is 0 Å². The number of alkyl halides is 2. The van der Waals surface area contributed by atoms with E-state index in [-0.39, 0.29) is 18.7 Å². The smallest absolute Gasteiger partial charge is 0.410 e. The topological polar surface area (TPSA) is 75.6 Å². The normalized spacial score (nSPS) is 21.8. The molecule has 2 rings (SSSR count). The van der Waals surface area contributed by atoms with E-state index in [1.165, 1.54) is 13.1 Å². The summed E-state index contributed by atoms with van der Waals surface area (Å²) >= 11 is 0. The van der Waals surface area contributed by atoms with Gasteiger partial charge in [-0.1, -0.05) is 0 Å². The van der Waals surface area contributed by atoms with E-state index in [0.717, 1.165) is 4.90 Å². The third kappa shape index (κ3) is 4.62. The molecule has 0 saturated carbocycles. The van der Waals surface area contributed by atoms with Crippen molar-refractivity contribution in [1.29, 1.82) is 0 Å². The molecule has 0 aliphatic carbocycles. The molecule has 1 aliphatic rings. The lowest BCUT2D eigenvalue weighted by molar-refractivity contribution is -0.0863. The van der Waals surface area contributed by atoms with E-state index in [2.05, 4.69) is 9.97 Å². The van der Waals surface area contributed by atoms with Gasteiger partial charge in [0.25, 0.3) is 5.92 Å². The predicted molar refractivity (Wildman–Crippen MR) is 87.5 cm³/mol. The number of rotatable bonds is 2. The first-order chi connectivity index (χ1) is 11.4. The number of likely N-dealkylation sites (tertiary alicyclic amines) is 1. The maximum atomic E-state index is 14.8. The first-order valence-electron chi connectivity index (χ1n) is 8.28. The van der Waals surface area contributed by atoms with Crippen LogP contribution in [-0.2, 0) is 4.74 Å². The van der Waals surface area contributed by atoms with Crippen molar-refractivity contribution < 1.29 is 23.4 Å². The number of nitrogens with zero attached hydrogens (tertiary/aromatic N) is 3. The molecule has 0 spiro atoms. The average Bonchev–Trinajstić information content (AvgIpc) is 2.43. The number of aliphatic hydroxyl groups excluding tert-OH is 1. The largest absolute Gasteiger partial charge is 0.444 e. The molecule has 6 nitrogen and oxygen atoms in total. The number of halogens is 2. The SMILES string of the molecule is Cc1ncc(C(C)O)c(C2CCN(C(=O)OC(C)(C)C)CC2(F)F)n1. The van der Waals surface area contributed by atoms with Gasteiger partial charge in [-0.25, -0.2) is 23.5 Å². The summed E-state index contributed by atoms with van der Waals surface area (Å²) in [5, 5.41) is 9.85. The Morgan fingerprint density at radius 1 is 1.48 bits per heavy atom. The third-order valence-corrected chi connectivity index (χ3v) is 4.00. The Bertz CT molecular complexity index is 645. The lowest BCUT2D eigenvalue weighted by Gasteiger charge is -2.39. The summed E-state index contributed by atoms with van der Waals surface area (Å²) in [6.07, 6.45) is -0.281.